The van der Waals surface area contributed by atoms with Crippen molar-refractivity contribution in [1.82, 2.24) is 24.6 Å². The van der Waals surface area contributed by atoms with Crippen LogP contribution in [-0.2, 0) is 0 Å². The van der Waals surface area contributed by atoms with Gasteiger partial charge in [0.05, 0.1) is 17.8 Å². The molecule has 0 N–H and O–H groups in total. The molecule has 0 saturated carbocycles. The molecule has 6 nitrogen and oxygen atoms in total. The highest BCUT2D eigenvalue weighted by molar-refractivity contribution is 9.09. The predicted octanol–water partition coefficient (Wildman–Crippen LogP) is 4.16. The lowest BCUT2D eigenvalue weighted by atomic mass is 9.87. The third kappa shape index (κ3) is 4.28. The molecule has 0 aliphatic carbocycles. The minimum absolute atomic E-state index is 0.165. The summed E-state index contributed by atoms with van der Waals surface area (Å²) in [6, 6.07) is 5.61. The lowest BCUT2D eigenvalue weighted by Gasteiger charge is -2.47. The molecule has 0 bridgehead atoms. The maximum absolute atomic E-state index is 5.33. The summed E-state index contributed by atoms with van der Waals surface area (Å²) in [5, 5.41) is 0. The van der Waals surface area contributed by atoms with Gasteiger partial charge in [0.15, 0.2) is 0 Å². The fourth-order valence-electron chi connectivity index (χ4n) is 6.05. The number of piperidine rings is 1. The molecule has 0 aromatic carbocycles. The van der Waals surface area contributed by atoms with Crippen LogP contribution in [0, 0.1) is 6.92 Å². The van der Waals surface area contributed by atoms with E-state index in [1.54, 1.807) is 0 Å². The van der Waals surface area contributed by atoms with Crippen molar-refractivity contribution < 1.29 is 0 Å². The Hall–Kier alpha value is -1.70. The fourth-order valence-corrected chi connectivity index (χ4v) is 6.94. The van der Waals surface area contributed by atoms with Crippen LogP contribution in [0.25, 0.3) is 0 Å². The molecule has 33 heavy (non-hydrogen) atoms. The van der Waals surface area contributed by atoms with Crippen LogP contribution >= 0.6 is 15.9 Å². The van der Waals surface area contributed by atoms with Crippen molar-refractivity contribution in [2.24, 2.45) is 4.99 Å². The normalized spacial score (nSPS) is 31.1. The highest BCUT2D eigenvalue weighted by Crippen LogP contribution is 2.42. The number of hydrogen-bond donors (Lipinski definition) is 0. The van der Waals surface area contributed by atoms with Gasteiger partial charge in [0, 0.05) is 44.5 Å². The van der Waals surface area contributed by atoms with Gasteiger partial charge in [0.2, 0.25) is 0 Å². The second kappa shape index (κ2) is 9.51. The fraction of sp³-hybridized carbons (Fsp3) is 0.615. The molecule has 0 amide bonds. The molecule has 4 aliphatic rings. The summed E-state index contributed by atoms with van der Waals surface area (Å²) in [7, 11) is 2.21. The quantitative estimate of drug-likeness (QED) is 0.447. The molecular weight excluding hydrogens is 476 g/mol. The Morgan fingerprint density at radius 2 is 1.91 bits per heavy atom. The Morgan fingerprint density at radius 1 is 1.12 bits per heavy atom. The molecule has 2 fully saturated rings. The summed E-state index contributed by atoms with van der Waals surface area (Å²) in [6.07, 6.45) is 12.1. The lowest BCUT2D eigenvalue weighted by Crippen LogP contribution is -2.55. The number of piperazine rings is 1. The number of likely N-dealkylation sites (N-methyl/N-ethyl adjacent to an activating group) is 1. The van der Waals surface area contributed by atoms with E-state index in [9.17, 15) is 0 Å². The molecule has 7 heteroatoms. The number of halogens is 1. The number of amidine groups is 1. The lowest BCUT2D eigenvalue weighted by molar-refractivity contribution is 0.0320. The van der Waals surface area contributed by atoms with E-state index < -0.39 is 0 Å². The summed E-state index contributed by atoms with van der Waals surface area (Å²) in [5.41, 5.74) is 2.53. The molecule has 4 aliphatic heterocycles. The molecule has 2 saturated heterocycles. The number of pyridine rings is 1. The van der Waals surface area contributed by atoms with Crippen LogP contribution in [0.15, 0.2) is 47.4 Å². The van der Waals surface area contributed by atoms with Crippen molar-refractivity contribution in [2.45, 2.75) is 69.2 Å². The SMILES string of the molecule is Cc1cccnc1[C@@H]1CCC[C@H](C2N=C3C=CC=C(N4CCN(C)CC4)N3C2Br)N1C(C)C. The Balaban J connectivity index is 1.42. The number of nitrogens with zero attached hydrogens (tertiary/aromatic N) is 6. The Labute approximate surface area is 207 Å². The van der Waals surface area contributed by atoms with Crippen LogP contribution in [-0.4, -0.2) is 86.7 Å². The monoisotopic (exact) mass is 512 g/mol. The van der Waals surface area contributed by atoms with Gasteiger partial charge in [-0.25, -0.2) is 0 Å². The van der Waals surface area contributed by atoms with Crippen molar-refractivity contribution in [3.8, 4) is 0 Å². The first-order chi connectivity index (χ1) is 16.0. The number of likely N-dealkylation sites (tertiary alicyclic amines) is 1. The zero-order chi connectivity index (χ0) is 23.1. The van der Waals surface area contributed by atoms with Gasteiger partial charge >= 0.3 is 0 Å². The standard InChI is InChI=1S/C26H37BrN6/c1-18(2)32-20(24-19(3)8-7-13-28-24)9-5-10-21(32)25-26(27)33-22(29-25)11-6-12-23(33)31-16-14-30(4)15-17-31/h6-8,11-13,18,20-21,25-26H,5,9-10,14-17H2,1-4H3/t20-,21+,25?,26?/m0/s1. The summed E-state index contributed by atoms with van der Waals surface area (Å²) < 4.78 is 0. The number of aryl methyl sites for hydroxylation is 1. The number of rotatable bonds is 4. The van der Waals surface area contributed by atoms with Crippen LogP contribution in [0.5, 0.6) is 0 Å². The van der Waals surface area contributed by atoms with Gasteiger partial charge in [-0.2, -0.15) is 0 Å². The summed E-state index contributed by atoms with van der Waals surface area (Å²) in [4.78, 5) is 20.4. The zero-order valence-corrected chi connectivity index (χ0v) is 21.9. The highest BCUT2D eigenvalue weighted by atomic mass is 79.9. The third-order valence-corrected chi connectivity index (χ3v) is 8.65. The van der Waals surface area contributed by atoms with Crippen LogP contribution in [0.3, 0.4) is 0 Å². The van der Waals surface area contributed by atoms with Gasteiger partial charge in [-0.15, -0.1) is 0 Å². The minimum Gasteiger partial charge on any atom is -0.355 e. The van der Waals surface area contributed by atoms with E-state index in [2.05, 4.69) is 87.6 Å². The average molecular weight is 514 g/mol. The summed E-state index contributed by atoms with van der Waals surface area (Å²) >= 11 is 4.13. The number of allylic oxidation sites excluding steroid dienone is 2. The molecular formula is C26H37BrN6. The molecule has 5 rings (SSSR count). The van der Waals surface area contributed by atoms with Gasteiger partial charge in [-0.1, -0.05) is 28.1 Å². The topological polar surface area (TPSA) is 38.2 Å². The second-order valence-corrected chi connectivity index (χ2v) is 11.1. The van der Waals surface area contributed by atoms with Gasteiger partial charge in [0.1, 0.15) is 16.6 Å². The maximum Gasteiger partial charge on any atom is 0.130 e. The Bertz CT molecular complexity index is 948. The van der Waals surface area contributed by atoms with Gasteiger partial charge in [-0.05, 0) is 70.9 Å². The van der Waals surface area contributed by atoms with E-state index >= 15 is 0 Å². The largest absolute Gasteiger partial charge is 0.355 e. The first-order valence-electron chi connectivity index (χ1n) is 12.5. The Morgan fingerprint density at radius 3 is 2.64 bits per heavy atom. The van der Waals surface area contributed by atoms with Crippen LogP contribution in [0.2, 0.25) is 0 Å². The maximum atomic E-state index is 5.33. The summed E-state index contributed by atoms with van der Waals surface area (Å²) in [6.45, 7) is 11.2. The van der Waals surface area contributed by atoms with E-state index in [-0.39, 0.29) is 11.0 Å². The first-order valence-corrected chi connectivity index (χ1v) is 13.4. The second-order valence-electron chi connectivity index (χ2n) is 10.2. The van der Waals surface area contributed by atoms with Crippen LogP contribution in [0.4, 0.5) is 0 Å². The molecule has 2 unspecified atom stereocenters. The van der Waals surface area contributed by atoms with Crippen LogP contribution < -0.4 is 0 Å². The molecule has 4 atom stereocenters. The number of aliphatic imine (C=N–C) groups is 1. The van der Waals surface area contributed by atoms with Crippen molar-refractivity contribution in [3.63, 3.8) is 0 Å². The number of hydrogen-bond acceptors (Lipinski definition) is 6. The first kappa shape index (κ1) is 23.1. The third-order valence-electron chi connectivity index (χ3n) is 7.70. The zero-order valence-electron chi connectivity index (χ0n) is 20.4. The Kier molecular flexibility index (Phi) is 6.65. The molecule has 0 spiro atoms. The van der Waals surface area contributed by atoms with E-state index in [0.29, 0.717) is 18.1 Å². The van der Waals surface area contributed by atoms with Crippen molar-refractivity contribution in [1.29, 1.82) is 0 Å². The van der Waals surface area contributed by atoms with Crippen molar-refractivity contribution in [3.05, 3.63) is 53.6 Å². The van der Waals surface area contributed by atoms with E-state index in [1.165, 1.54) is 36.3 Å². The number of aromatic nitrogens is 1. The summed E-state index contributed by atoms with van der Waals surface area (Å²) in [5.74, 6) is 2.39. The highest BCUT2D eigenvalue weighted by Gasteiger charge is 2.47. The smallest absolute Gasteiger partial charge is 0.130 e. The van der Waals surface area contributed by atoms with Gasteiger partial charge < -0.3 is 9.80 Å². The predicted molar refractivity (Wildman–Crippen MR) is 138 cm³/mol. The van der Waals surface area contributed by atoms with Crippen molar-refractivity contribution >= 4 is 21.8 Å². The number of fused-ring (bicyclic) bond motifs is 1. The van der Waals surface area contributed by atoms with Gasteiger partial charge in [-0.3, -0.25) is 19.8 Å². The van der Waals surface area contributed by atoms with Crippen LogP contribution in [0.1, 0.15) is 50.4 Å². The van der Waals surface area contributed by atoms with E-state index in [4.69, 9.17) is 9.98 Å². The molecule has 5 heterocycles. The van der Waals surface area contributed by atoms with Gasteiger partial charge in [0.25, 0.3) is 0 Å². The molecule has 0 radical (unpaired) electrons. The van der Waals surface area contributed by atoms with E-state index in [1.807, 2.05) is 12.3 Å². The molecule has 1 aromatic rings. The van der Waals surface area contributed by atoms with E-state index in [0.717, 1.165) is 32.0 Å². The van der Waals surface area contributed by atoms with Crippen molar-refractivity contribution in [2.75, 3.05) is 33.2 Å². The molecule has 1 aromatic heterocycles. The minimum atomic E-state index is 0.165. The average Bonchev–Trinajstić information content (AvgIpc) is 3.16. The molecule has 178 valence electrons. The number of alkyl halides is 1.